The second-order valence-corrected chi connectivity index (χ2v) is 3.62. The predicted molar refractivity (Wildman–Crippen MR) is 53.0 cm³/mol. The maximum Gasteiger partial charge on any atom is 0.471 e. The van der Waals surface area contributed by atoms with Gasteiger partial charge in [-0.2, -0.15) is 13.2 Å². The van der Waals surface area contributed by atoms with Crippen LogP contribution in [0.25, 0.3) is 0 Å². The van der Waals surface area contributed by atoms with Crippen LogP contribution in [0.1, 0.15) is 18.0 Å². The highest BCUT2D eigenvalue weighted by Gasteiger charge is 2.40. The fourth-order valence-corrected chi connectivity index (χ4v) is 1.40. The number of hydrogen-bond acceptors (Lipinski definition) is 3. The van der Waals surface area contributed by atoms with E-state index in [1.807, 2.05) is 0 Å². The molecule has 1 atom stereocenters. The van der Waals surface area contributed by atoms with Crippen LogP contribution >= 0.6 is 0 Å². The van der Waals surface area contributed by atoms with Crippen molar-refractivity contribution in [3.05, 3.63) is 35.6 Å². The van der Waals surface area contributed by atoms with Crippen LogP contribution < -0.4 is 10.4 Å². The zero-order valence-electron chi connectivity index (χ0n) is 9.33. The summed E-state index contributed by atoms with van der Waals surface area (Å²) in [7, 11) is 0. The number of carboxylic acids is 1. The van der Waals surface area contributed by atoms with Crippen LogP contribution in [0, 0.1) is 5.82 Å². The van der Waals surface area contributed by atoms with Gasteiger partial charge in [0, 0.05) is 18.0 Å². The molecule has 0 spiro atoms. The molecule has 0 saturated heterocycles. The van der Waals surface area contributed by atoms with Crippen molar-refractivity contribution in [1.82, 2.24) is 5.32 Å². The molecule has 1 amide bonds. The smallest absolute Gasteiger partial charge is 0.471 e. The van der Waals surface area contributed by atoms with Gasteiger partial charge in [-0.25, -0.2) is 4.39 Å². The molecule has 8 heteroatoms. The monoisotopic (exact) mass is 278 g/mol. The lowest BCUT2D eigenvalue weighted by Crippen LogP contribution is -2.41. The third kappa shape index (κ3) is 4.23. The van der Waals surface area contributed by atoms with Crippen LogP contribution in [0.15, 0.2) is 24.3 Å². The molecule has 104 valence electrons. The summed E-state index contributed by atoms with van der Waals surface area (Å²) in [5, 5.41) is 11.9. The zero-order valence-corrected chi connectivity index (χ0v) is 9.33. The highest BCUT2D eigenvalue weighted by Crippen LogP contribution is 2.22. The molecule has 0 fully saturated rings. The number of hydrogen-bond donors (Lipinski definition) is 1. The number of halogens is 4. The van der Waals surface area contributed by atoms with Crippen molar-refractivity contribution < 1.29 is 32.3 Å². The Labute approximate surface area is 105 Å². The van der Waals surface area contributed by atoms with Gasteiger partial charge in [0.2, 0.25) is 0 Å². The molecule has 1 N–H and O–H groups in total. The molecule has 0 bridgehead atoms. The summed E-state index contributed by atoms with van der Waals surface area (Å²) >= 11 is 0. The number of carboxylic acid groups (broad SMARTS) is 1. The number of benzene rings is 1. The lowest BCUT2D eigenvalue weighted by Gasteiger charge is -2.20. The van der Waals surface area contributed by atoms with Crippen molar-refractivity contribution in [1.29, 1.82) is 0 Å². The van der Waals surface area contributed by atoms with E-state index in [0.29, 0.717) is 0 Å². The van der Waals surface area contributed by atoms with E-state index in [1.165, 1.54) is 17.4 Å². The maximum atomic E-state index is 13.4. The maximum absolute atomic E-state index is 13.4. The summed E-state index contributed by atoms with van der Waals surface area (Å²) in [5.74, 6) is -4.98. The van der Waals surface area contributed by atoms with Crippen LogP contribution in [-0.2, 0) is 9.59 Å². The summed E-state index contributed by atoms with van der Waals surface area (Å²) in [5.41, 5.74) is -0.357. The predicted octanol–water partition coefficient (Wildman–Crippen LogP) is 0.685. The van der Waals surface area contributed by atoms with E-state index in [4.69, 9.17) is 0 Å². The third-order valence-corrected chi connectivity index (χ3v) is 2.21. The summed E-state index contributed by atoms with van der Waals surface area (Å²) in [6.45, 7) is 0. The molecule has 0 saturated carbocycles. The molecule has 0 radical (unpaired) electrons. The Morgan fingerprint density at radius 2 is 1.84 bits per heavy atom. The van der Waals surface area contributed by atoms with Gasteiger partial charge < -0.3 is 15.2 Å². The Bertz CT molecular complexity index is 487. The van der Waals surface area contributed by atoms with Crippen molar-refractivity contribution in [2.75, 3.05) is 0 Å². The Hall–Kier alpha value is -2.12. The normalized spacial score (nSPS) is 12.8. The highest BCUT2D eigenvalue weighted by atomic mass is 19.4. The first-order valence-corrected chi connectivity index (χ1v) is 5.03. The number of nitrogens with one attached hydrogen (secondary N) is 1. The first-order valence-electron chi connectivity index (χ1n) is 5.03. The largest absolute Gasteiger partial charge is 0.550 e. The second kappa shape index (κ2) is 5.68. The minimum absolute atomic E-state index is 0.357. The summed E-state index contributed by atoms with van der Waals surface area (Å²) < 4.78 is 49.7. The standard InChI is InChI=1S/C11H9F4NO3/c12-7-4-2-1-3-6(7)8(5-9(17)18)16-10(19)11(13,14)15/h1-4,8H,5H2,(H,16,19)(H,17,18)/p-1/t8-/m0/s1. The molecule has 1 rings (SSSR count). The molecule has 0 aliphatic heterocycles. The molecule has 0 aromatic heterocycles. The van der Waals surface area contributed by atoms with E-state index >= 15 is 0 Å². The number of carbonyl (C=O) groups excluding carboxylic acids is 2. The molecule has 19 heavy (non-hydrogen) atoms. The first kappa shape index (κ1) is 14.9. The number of aliphatic carboxylic acids is 1. The van der Waals surface area contributed by atoms with Gasteiger partial charge in [0.15, 0.2) is 0 Å². The van der Waals surface area contributed by atoms with Crippen molar-refractivity contribution in [2.45, 2.75) is 18.6 Å². The van der Waals surface area contributed by atoms with Crippen LogP contribution in [0.5, 0.6) is 0 Å². The molecular weight excluding hydrogens is 270 g/mol. The van der Waals surface area contributed by atoms with E-state index in [1.54, 1.807) is 0 Å². The van der Waals surface area contributed by atoms with Crippen molar-refractivity contribution >= 4 is 11.9 Å². The van der Waals surface area contributed by atoms with Crippen LogP contribution in [0.4, 0.5) is 17.6 Å². The first-order chi connectivity index (χ1) is 8.71. The summed E-state index contributed by atoms with van der Waals surface area (Å²) in [4.78, 5) is 21.2. The Morgan fingerprint density at radius 3 is 2.32 bits per heavy atom. The van der Waals surface area contributed by atoms with Gasteiger partial charge in [-0.1, -0.05) is 18.2 Å². The Balaban J connectivity index is 3.00. The van der Waals surface area contributed by atoms with E-state index in [2.05, 4.69) is 0 Å². The minimum Gasteiger partial charge on any atom is -0.550 e. The van der Waals surface area contributed by atoms with E-state index < -0.39 is 36.3 Å². The van der Waals surface area contributed by atoms with Crippen LogP contribution in [0.2, 0.25) is 0 Å². The Morgan fingerprint density at radius 1 is 1.26 bits per heavy atom. The fraction of sp³-hybridized carbons (Fsp3) is 0.273. The summed E-state index contributed by atoms with van der Waals surface area (Å²) in [6, 6.07) is 2.96. The van der Waals surface area contributed by atoms with Gasteiger partial charge in [-0.3, -0.25) is 4.79 Å². The van der Waals surface area contributed by atoms with Crippen LogP contribution in [-0.4, -0.2) is 18.1 Å². The summed E-state index contributed by atoms with van der Waals surface area (Å²) in [6.07, 6.45) is -6.15. The minimum atomic E-state index is -5.19. The van der Waals surface area contributed by atoms with Crippen LogP contribution in [0.3, 0.4) is 0 Å². The third-order valence-electron chi connectivity index (χ3n) is 2.21. The lowest BCUT2D eigenvalue weighted by molar-refractivity contribution is -0.306. The van der Waals surface area contributed by atoms with E-state index in [9.17, 15) is 32.3 Å². The number of alkyl halides is 3. The number of carbonyl (C=O) groups is 2. The van der Waals surface area contributed by atoms with Gasteiger partial charge >= 0.3 is 12.1 Å². The topological polar surface area (TPSA) is 69.2 Å². The fourth-order valence-electron chi connectivity index (χ4n) is 1.40. The average Bonchev–Trinajstić information content (AvgIpc) is 2.26. The molecule has 0 aliphatic rings. The average molecular weight is 278 g/mol. The molecule has 4 nitrogen and oxygen atoms in total. The number of amides is 1. The van der Waals surface area contributed by atoms with Gasteiger partial charge in [-0.05, 0) is 6.07 Å². The van der Waals surface area contributed by atoms with Gasteiger partial charge in [0.1, 0.15) is 5.82 Å². The molecule has 1 aromatic carbocycles. The zero-order chi connectivity index (χ0) is 14.6. The molecule has 0 unspecified atom stereocenters. The van der Waals surface area contributed by atoms with Gasteiger partial charge in [0.05, 0.1) is 6.04 Å². The highest BCUT2D eigenvalue weighted by molar-refractivity contribution is 5.82. The Kier molecular flexibility index (Phi) is 4.47. The number of rotatable bonds is 4. The molecular formula is C11H8F4NO3-. The van der Waals surface area contributed by atoms with E-state index in [-0.39, 0.29) is 5.56 Å². The van der Waals surface area contributed by atoms with Crippen molar-refractivity contribution in [3.8, 4) is 0 Å². The molecule has 1 aromatic rings. The van der Waals surface area contributed by atoms with Gasteiger partial charge in [0.25, 0.3) is 0 Å². The lowest BCUT2D eigenvalue weighted by atomic mass is 10.0. The second-order valence-electron chi connectivity index (χ2n) is 3.62. The van der Waals surface area contributed by atoms with Gasteiger partial charge in [-0.15, -0.1) is 0 Å². The molecule has 0 heterocycles. The van der Waals surface area contributed by atoms with Crippen molar-refractivity contribution in [3.63, 3.8) is 0 Å². The van der Waals surface area contributed by atoms with Crippen molar-refractivity contribution in [2.24, 2.45) is 0 Å². The quantitative estimate of drug-likeness (QED) is 0.824. The SMILES string of the molecule is O=C([O-])C[C@H](NC(=O)C(F)(F)F)c1ccccc1F. The van der Waals surface area contributed by atoms with E-state index in [0.717, 1.165) is 12.1 Å². The molecule has 0 aliphatic carbocycles.